The van der Waals surface area contributed by atoms with Crippen LogP contribution in [0.5, 0.6) is 0 Å². The average Bonchev–Trinajstić information content (AvgIpc) is 2.28. The zero-order valence-corrected chi connectivity index (χ0v) is 11.9. The molecule has 1 fully saturated rings. The normalized spacial score (nSPS) is 25.1. The Morgan fingerprint density at radius 1 is 1.22 bits per heavy atom. The molecule has 1 N–H and O–H groups in total. The van der Waals surface area contributed by atoms with E-state index in [1.165, 1.54) is 12.8 Å². The van der Waals surface area contributed by atoms with Crippen LogP contribution in [0.4, 0.5) is 0 Å². The number of nitrogens with one attached hydrogen (secondary N) is 1. The maximum atomic E-state index is 11.8. The second kappa shape index (κ2) is 4.87. The summed E-state index contributed by atoms with van der Waals surface area (Å²) in [6.07, 6.45) is 4.79. The second-order valence-corrected chi connectivity index (χ2v) is 6.72. The Morgan fingerprint density at radius 2 is 1.83 bits per heavy atom. The van der Waals surface area contributed by atoms with E-state index in [0.717, 1.165) is 30.3 Å². The largest absolute Gasteiger partial charge is 0.310 e. The molecule has 100 valence electrons. The summed E-state index contributed by atoms with van der Waals surface area (Å²) in [5, 5.41) is 0. The summed E-state index contributed by atoms with van der Waals surface area (Å²) >= 11 is 0. The van der Waals surface area contributed by atoms with Crippen molar-refractivity contribution in [1.29, 1.82) is 0 Å². The SMILES string of the molecule is CC1CCC(c2nc(C(C)(C)C)cc(=O)[nH]2)CC1. The number of hydrogen-bond acceptors (Lipinski definition) is 2. The first-order valence-electron chi connectivity index (χ1n) is 6.98. The molecule has 0 saturated heterocycles. The maximum Gasteiger partial charge on any atom is 0.251 e. The van der Waals surface area contributed by atoms with Gasteiger partial charge in [0, 0.05) is 17.4 Å². The lowest BCUT2D eigenvalue weighted by Crippen LogP contribution is -2.23. The predicted octanol–water partition coefficient (Wildman–Crippen LogP) is 3.36. The molecular weight excluding hydrogens is 224 g/mol. The molecule has 3 heteroatoms. The molecule has 18 heavy (non-hydrogen) atoms. The summed E-state index contributed by atoms with van der Waals surface area (Å²) in [6, 6.07) is 1.63. The van der Waals surface area contributed by atoms with Crippen LogP contribution in [0.3, 0.4) is 0 Å². The molecule has 0 amide bonds. The summed E-state index contributed by atoms with van der Waals surface area (Å²) in [5.74, 6) is 2.16. The fourth-order valence-electron chi connectivity index (χ4n) is 2.59. The molecule has 1 saturated carbocycles. The van der Waals surface area contributed by atoms with E-state index in [9.17, 15) is 4.79 Å². The van der Waals surface area contributed by atoms with Crippen molar-refractivity contribution in [3.8, 4) is 0 Å². The van der Waals surface area contributed by atoms with Gasteiger partial charge in [0.15, 0.2) is 0 Å². The van der Waals surface area contributed by atoms with Crippen molar-refractivity contribution in [3.05, 3.63) is 27.9 Å². The van der Waals surface area contributed by atoms with E-state index in [-0.39, 0.29) is 11.0 Å². The second-order valence-electron chi connectivity index (χ2n) is 6.72. The van der Waals surface area contributed by atoms with Gasteiger partial charge >= 0.3 is 0 Å². The number of aromatic amines is 1. The Bertz CT molecular complexity index is 462. The third kappa shape index (κ3) is 3.01. The molecular formula is C15H24N2O. The Hall–Kier alpha value is -1.12. The maximum absolute atomic E-state index is 11.8. The highest BCUT2D eigenvalue weighted by atomic mass is 16.1. The van der Waals surface area contributed by atoms with E-state index in [1.54, 1.807) is 6.07 Å². The van der Waals surface area contributed by atoms with Gasteiger partial charge in [-0.3, -0.25) is 4.79 Å². The lowest BCUT2D eigenvalue weighted by atomic mass is 9.82. The van der Waals surface area contributed by atoms with Crippen LogP contribution in [0, 0.1) is 5.92 Å². The molecule has 0 spiro atoms. The van der Waals surface area contributed by atoms with Crippen molar-refractivity contribution in [3.63, 3.8) is 0 Å². The number of H-pyrrole nitrogens is 1. The van der Waals surface area contributed by atoms with Gasteiger partial charge in [0.25, 0.3) is 5.56 Å². The summed E-state index contributed by atoms with van der Waals surface area (Å²) < 4.78 is 0. The molecule has 0 bridgehead atoms. The molecule has 1 aromatic heterocycles. The molecule has 1 aliphatic rings. The quantitative estimate of drug-likeness (QED) is 0.828. The van der Waals surface area contributed by atoms with Crippen molar-refractivity contribution in [2.75, 3.05) is 0 Å². The fourth-order valence-corrected chi connectivity index (χ4v) is 2.59. The zero-order valence-electron chi connectivity index (χ0n) is 11.9. The van der Waals surface area contributed by atoms with Gasteiger partial charge in [-0.25, -0.2) is 4.98 Å². The van der Waals surface area contributed by atoms with E-state index in [0.29, 0.717) is 5.92 Å². The number of rotatable bonds is 1. The minimum Gasteiger partial charge on any atom is -0.310 e. The first-order chi connectivity index (χ1) is 8.36. The summed E-state index contributed by atoms with van der Waals surface area (Å²) in [6.45, 7) is 8.60. The van der Waals surface area contributed by atoms with Crippen LogP contribution in [0.1, 0.15) is 70.8 Å². The lowest BCUT2D eigenvalue weighted by Gasteiger charge is -2.26. The predicted molar refractivity (Wildman–Crippen MR) is 73.9 cm³/mol. The van der Waals surface area contributed by atoms with Gasteiger partial charge < -0.3 is 4.98 Å². The Morgan fingerprint density at radius 3 is 2.39 bits per heavy atom. The molecule has 3 nitrogen and oxygen atoms in total. The van der Waals surface area contributed by atoms with Gasteiger partial charge in [-0.15, -0.1) is 0 Å². The first-order valence-corrected chi connectivity index (χ1v) is 6.98. The van der Waals surface area contributed by atoms with Crippen LogP contribution >= 0.6 is 0 Å². The fraction of sp³-hybridized carbons (Fsp3) is 0.733. The van der Waals surface area contributed by atoms with Crippen molar-refractivity contribution < 1.29 is 0 Å². The standard InChI is InChI=1S/C15H24N2O/c1-10-5-7-11(8-6-10)14-16-12(15(2,3)4)9-13(18)17-14/h9-11H,5-8H2,1-4H3,(H,16,17,18). The Kier molecular flexibility index (Phi) is 3.60. The summed E-state index contributed by atoms with van der Waals surface area (Å²) in [5.41, 5.74) is 0.828. The highest BCUT2D eigenvalue weighted by Gasteiger charge is 2.24. The number of nitrogens with zero attached hydrogens (tertiary/aromatic N) is 1. The molecule has 0 radical (unpaired) electrons. The number of aromatic nitrogens is 2. The van der Waals surface area contributed by atoms with Crippen molar-refractivity contribution in [1.82, 2.24) is 9.97 Å². The minimum atomic E-state index is -0.0645. The van der Waals surface area contributed by atoms with Gasteiger partial charge in [-0.05, 0) is 18.8 Å². The average molecular weight is 248 g/mol. The highest BCUT2D eigenvalue weighted by Crippen LogP contribution is 2.34. The summed E-state index contributed by atoms with van der Waals surface area (Å²) in [7, 11) is 0. The molecule has 2 rings (SSSR count). The molecule has 1 aromatic rings. The van der Waals surface area contributed by atoms with Crippen LogP contribution in [0.25, 0.3) is 0 Å². The van der Waals surface area contributed by atoms with Crippen LogP contribution in [-0.2, 0) is 5.41 Å². The van der Waals surface area contributed by atoms with Gasteiger partial charge in [0.2, 0.25) is 0 Å². The van der Waals surface area contributed by atoms with Crippen LogP contribution in [0.2, 0.25) is 0 Å². The minimum absolute atomic E-state index is 0.0106. The van der Waals surface area contributed by atoms with Gasteiger partial charge in [0.1, 0.15) is 5.82 Å². The number of hydrogen-bond donors (Lipinski definition) is 1. The van der Waals surface area contributed by atoms with E-state index >= 15 is 0 Å². The van der Waals surface area contributed by atoms with Crippen LogP contribution in [-0.4, -0.2) is 9.97 Å². The molecule has 0 aromatic carbocycles. The highest BCUT2D eigenvalue weighted by molar-refractivity contribution is 5.14. The third-order valence-corrected chi connectivity index (χ3v) is 3.93. The zero-order chi connectivity index (χ0) is 13.3. The van der Waals surface area contributed by atoms with Gasteiger partial charge in [0.05, 0.1) is 5.69 Å². The third-order valence-electron chi connectivity index (χ3n) is 3.93. The van der Waals surface area contributed by atoms with Crippen molar-refractivity contribution in [2.24, 2.45) is 5.92 Å². The van der Waals surface area contributed by atoms with E-state index in [2.05, 4.69) is 32.7 Å². The topological polar surface area (TPSA) is 45.8 Å². The lowest BCUT2D eigenvalue weighted by molar-refractivity contribution is 0.338. The van der Waals surface area contributed by atoms with Crippen molar-refractivity contribution in [2.45, 2.75) is 64.7 Å². The van der Waals surface area contributed by atoms with E-state index in [4.69, 9.17) is 4.98 Å². The molecule has 0 aliphatic heterocycles. The smallest absolute Gasteiger partial charge is 0.251 e. The van der Waals surface area contributed by atoms with Gasteiger partial charge in [-0.1, -0.05) is 40.5 Å². The Balaban J connectivity index is 2.28. The first kappa shape index (κ1) is 13.3. The van der Waals surface area contributed by atoms with Gasteiger partial charge in [-0.2, -0.15) is 0 Å². The van der Waals surface area contributed by atoms with Crippen LogP contribution < -0.4 is 5.56 Å². The van der Waals surface area contributed by atoms with Crippen LogP contribution in [0.15, 0.2) is 10.9 Å². The molecule has 0 atom stereocenters. The van der Waals surface area contributed by atoms with E-state index < -0.39 is 0 Å². The Labute approximate surface area is 109 Å². The molecule has 1 heterocycles. The molecule has 1 aliphatic carbocycles. The summed E-state index contributed by atoms with van der Waals surface area (Å²) in [4.78, 5) is 19.4. The van der Waals surface area contributed by atoms with E-state index in [1.807, 2.05) is 0 Å². The molecule has 0 unspecified atom stereocenters. The monoisotopic (exact) mass is 248 g/mol. The van der Waals surface area contributed by atoms with Crippen molar-refractivity contribution >= 4 is 0 Å².